The van der Waals surface area contributed by atoms with Gasteiger partial charge in [0.2, 0.25) is 5.91 Å². The number of hydrogen-bond donors (Lipinski definition) is 1. The molecule has 19 heavy (non-hydrogen) atoms. The van der Waals surface area contributed by atoms with E-state index in [0.29, 0.717) is 17.9 Å². The summed E-state index contributed by atoms with van der Waals surface area (Å²) in [4.78, 5) is 25.8. The van der Waals surface area contributed by atoms with Crippen LogP contribution in [0.15, 0.2) is 0 Å². The molecule has 3 fully saturated rings. The van der Waals surface area contributed by atoms with Crippen molar-refractivity contribution < 1.29 is 14.7 Å². The molecule has 3 aliphatic rings. The van der Waals surface area contributed by atoms with Gasteiger partial charge in [-0.3, -0.25) is 4.79 Å². The van der Waals surface area contributed by atoms with Crippen LogP contribution in [0.5, 0.6) is 0 Å². The highest BCUT2D eigenvalue weighted by Crippen LogP contribution is 2.78. The van der Waals surface area contributed by atoms with Crippen molar-refractivity contribution >= 4 is 11.9 Å². The molecular formula is C15H23NO3. The van der Waals surface area contributed by atoms with Crippen molar-refractivity contribution in [2.75, 3.05) is 6.54 Å². The Morgan fingerprint density at radius 3 is 2.32 bits per heavy atom. The van der Waals surface area contributed by atoms with Gasteiger partial charge in [0.15, 0.2) is 0 Å². The van der Waals surface area contributed by atoms with Crippen LogP contribution in [0.4, 0.5) is 0 Å². The molecule has 1 spiro atoms. The van der Waals surface area contributed by atoms with E-state index in [1.807, 2.05) is 27.7 Å². The predicted octanol–water partition coefficient (Wildman–Crippen LogP) is 1.99. The number of carbonyl (C=O) groups excluding carboxylic acids is 1. The number of hydrogen-bond acceptors (Lipinski definition) is 2. The molecule has 0 aromatic heterocycles. The lowest BCUT2D eigenvalue weighted by molar-refractivity contribution is -0.153. The van der Waals surface area contributed by atoms with Gasteiger partial charge in [0.05, 0.1) is 0 Å². The Morgan fingerprint density at radius 1 is 1.32 bits per heavy atom. The summed E-state index contributed by atoms with van der Waals surface area (Å²) < 4.78 is 0. The minimum Gasteiger partial charge on any atom is -0.480 e. The molecule has 2 saturated carbocycles. The van der Waals surface area contributed by atoms with Gasteiger partial charge in [-0.05, 0) is 29.6 Å². The molecule has 4 heteroatoms. The standard InChI is InChI=1S/C15H23NO3/c1-8(14(2,3)4)12(17)16-7-9-10(11(16)13(18)19)15(9)5-6-15/h8-11H,5-7H2,1-4H3,(H,18,19)/t8-,9?,10+,11?/m1/s1. The number of rotatable bonds is 2. The highest BCUT2D eigenvalue weighted by molar-refractivity contribution is 5.87. The van der Waals surface area contributed by atoms with E-state index in [1.165, 1.54) is 12.8 Å². The molecule has 0 radical (unpaired) electrons. The third kappa shape index (κ3) is 1.65. The van der Waals surface area contributed by atoms with Crippen LogP contribution in [0.2, 0.25) is 0 Å². The van der Waals surface area contributed by atoms with E-state index >= 15 is 0 Å². The van der Waals surface area contributed by atoms with Gasteiger partial charge >= 0.3 is 5.97 Å². The lowest BCUT2D eigenvalue weighted by atomic mass is 9.81. The topological polar surface area (TPSA) is 57.6 Å². The molecular weight excluding hydrogens is 242 g/mol. The van der Waals surface area contributed by atoms with Gasteiger partial charge in [0, 0.05) is 18.4 Å². The van der Waals surface area contributed by atoms with E-state index in [4.69, 9.17) is 0 Å². The number of carboxylic acid groups (broad SMARTS) is 1. The fourth-order valence-corrected chi connectivity index (χ4v) is 3.94. The van der Waals surface area contributed by atoms with E-state index < -0.39 is 12.0 Å². The quantitative estimate of drug-likeness (QED) is 0.830. The van der Waals surface area contributed by atoms with Gasteiger partial charge in [-0.25, -0.2) is 4.79 Å². The molecule has 4 nitrogen and oxygen atoms in total. The normalized spacial score (nSPS) is 36.0. The van der Waals surface area contributed by atoms with E-state index in [0.717, 1.165) is 0 Å². The highest BCUT2D eigenvalue weighted by Gasteiger charge is 2.79. The number of carbonyl (C=O) groups is 2. The third-order valence-corrected chi connectivity index (χ3v) is 5.83. The van der Waals surface area contributed by atoms with Gasteiger partial charge in [0.25, 0.3) is 0 Å². The molecule has 1 amide bonds. The summed E-state index contributed by atoms with van der Waals surface area (Å²) in [5, 5.41) is 9.48. The van der Waals surface area contributed by atoms with E-state index in [1.54, 1.807) is 4.90 Å². The lowest BCUT2D eigenvalue weighted by Crippen LogP contribution is -2.48. The van der Waals surface area contributed by atoms with Gasteiger partial charge in [-0.15, -0.1) is 0 Å². The highest BCUT2D eigenvalue weighted by atomic mass is 16.4. The summed E-state index contributed by atoms with van der Waals surface area (Å²) in [7, 11) is 0. The SMILES string of the molecule is C[C@H](C(=O)N1CC2[C@@H](C1C(=O)O)C21CC1)C(C)(C)C. The van der Waals surface area contributed by atoms with Gasteiger partial charge in [-0.1, -0.05) is 27.7 Å². The zero-order chi connectivity index (χ0) is 14.2. The Kier molecular flexibility index (Phi) is 2.40. The van der Waals surface area contributed by atoms with Crippen molar-refractivity contribution in [3.8, 4) is 0 Å². The number of carboxylic acids is 1. The van der Waals surface area contributed by atoms with Crippen LogP contribution in [0, 0.1) is 28.6 Å². The maximum absolute atomic E-state index is 12.6. The number of nitrogens with zero attached hydrogens (tertiary/aromatic N) is 1. The third-order valence-electron chi connectivity index (χ3n) is 5.83. The van der Waals surface area contributed by atoms with Crippen molar-refractivity contribution in [2.24, 2.45) is 28.6 Å². The zero-order valence-electron chi connectivity index (χ0n) is 12.1. The molecule has 0 aromatic carbocycles. The van der Waals surface area contributed by atoms with Crippen molar-refractivity contribution in [2.45, 2.75) is 46.6 Å². The summed E-state index contributed by atoms with van der Waals surface area (Å²) in [6.45, 7) is 8.68. The monoisotopic (exact) mass is 265 g/mol. The Labute approximate surface area is 114 Å². The van der Waals surface area contributed by atoms with Gasteiger partial charge in [0.1, 0.15) is 6.04 Å². The number of likely N-dealkylation sites (tertiary alicyclic amines) is 1. The molecule has 3 rings (SSSR count). The van der Waals surface area contributed by atoms with Crippen LogP contribution in [0.1, 0.15) is 40.5 Å². The van der Waals surface area contributed by atoms with Crippen molar-refractivity contribution in [1.82, 2.24) is 4.90 Å². The Bertz CT molecular complexity index is 447. The summed E-state index contributed by atoms with van der Waals surface area (Å²) in [6, 6.07) is -0.565. The molecule has 0 bridgehead atoms. The molecule has 2 aliphatic carbocycles. The lowest BCUT2D eigenvalue weighted by Gasteiger charge is -2.34. The summed E-state index contributed by atoms with van der Waals surface area (Å²) in [5.74, 6) is -0.235. The summed E-state index contributed by atoms with van der Waals surface area (Å²) in [6.07, 6.45) is 2.34. The molecule has 1 aliphatic heterocycles. The van der Waals surface area contributed by atoms with Crippen molar-refractivity contribution in [3.05, 3.63) is 0 Å². The van der Waals surface area contributed by atoms with Crippen LogP contribution >= 0.6 is 0 Å². The minimum absolute atomic E-state index is 0.0166. The first-order chi connectivity index (χ1) is 8.70. The first-order valence-corrected chi connectivity index (χ1v) is 7.23. The fraction of sp³-hybridized carbons (Fsp3) is 0.867. The number of aliphatic carboxylic acids is 1. The first-order valence-electron chi connectivity index (χ1n) is 7.23. The smallest absolute Gasteiger partial charge is 0.326 e. The summed E-state index contributed by atoms with van der Waals surface area (Å²) in [5.41, 5.74) is 0.203. The number of piperidine rings is 1. The average Bonchev–Trinajstić information content (AvgIpc) is 3.15. The zero-order valence-corrected chi connectivity index (χ0v) is 12.1. The van der Waals surface area contributed by atoms with E-state index in [-0.39, 0.29) is 23.2 Å². The molecule has 1 N–H and O–H groups in total. The van der Waals surface area contributed by atoms with Crippen molar-refractivity contribution in [1.29, 1.82) is 0 Å². The van der Waals surface area contributed by atoms with E-state index in [2.05, 4.69) is 0 Å². The molecule has 106 valence electrons. The second-order valence-corrected chi connectivity index (χ2v) is 7.73. The second kappa shape index (κ2) is 3.53. The Balaban J connectivity index is 1.79. The fourth-order valence-electron chi connectivity index (χ4n) is 3.94. The average molecular weight is 265 g/mol. The number of amides is 1. The first kappa shape index (κ1) is 12.9. The van der Waals surface area contributed by atoms with Crippen LogP contribution in [0.25, 0.3) is 0 Å². The maximum Gasteiger partial charge on any atom is 0.326 e. The van der Waals surface area contributed by atoms with Crippen LogP contribution in [-0.4, -0.2) is 34.5 Å². The molecule has 1 saturated heterocycles. The second-order valence-electron chi connectivity index (χ2n) is 7.73. The van der Waals surface area contributed by atoms with Gasteiger partial charge < -0.3 is 10.0 Å². The largest absolute Gasteiger partial charge is 0.480 e. The molecule has 0 aromatic rings. The molecule has 2 unspecified atom stereocenters. The Morgan fingerprint density at radius 2 is 1.89 bits per heavy atom. The number of fused-ring (bicyclic) bond motifs is 3. The van der Waals surface area contributed by atoms with Crippen LogP contribution < -0.4 is 0 Å². The predicted molar refractivity (Wildman–Crippen MR) is 70.4 cm³/mol. The van der Waals surface area contributed by atoms with E-state index in [9.17, 15) is 14.7 Å². The minimum atomic E-state index is -0.814. The van der Waals surface area contributed by atoms with Crippen LogP contribution in [-0.2, 0) is 9.59 Å². The van der Waals surface area contributed by atoms with Crippen molar-refractivity contribution in [3.63, 3.8) is 0 Å². The molecule has 1 heterocycles. The molecule has 4 atom stereocenters. The van der Waals surface area contributed by atoms with Gasteiger partial charge in [-0.2, -0.15) is 0 Å². The summed E-state index contributed by atoms with van der Waals surface area (Å²) >= 11 is 0. The maximum atomic E-state index is 12.6. The Hall–Kier alpha value is -1.06. The van der Waals surface area contributed by atoms with Crippen LogP contribution in [0.3, 0.4) is 0 Å².